The number of rotatable bonds is 12. The monoisotopic (exact) mass is 589 g/mol. The first kappa shape index (κ1) is 30.5. The average Bonchev–Trinajstić information content (AvgIpc) is 2.90. The predicted molar refractivity (Wildman–Crippen MR) is 158 cm³/mol. The molecule has 10 heteroatoms. The summed E-state index contributed by atoms with van der Waals surface area (Å²) in [6.07, 6.45) is 1.85. The SMILES string of the molecule is CCNC(=O)[C@@H](Cc1ccccc1)N(Cc1c(Cl)cccc1Cl)C(=O)CN(c1ccccc1CC)S(C)(=O)=O. The Balaban J connectivity index is 2.11. The maximum Gasteiger partial charge on any atom is 0.244 e. The largest absolute Gasteiger partial charge is 0.355 e. The van der Waals surface area contributed by atoms with E-state index < -0.39 is 28.5 Å². The van der Waals surface area contributed by atoms with Gasteiger partial charge in [0.25, 0.3) is 0 Å². The fourth-order valence-electron chi connectivity index (χ4n) is 4.35. The number of para-hydroxylation sites is 1. The fourth-order valence-corrected chi connectivity index (χ4v) is 5.74. The van der Waals surface area contributed by atoms with E-state index in [1.165, 1.54) is 4.90 Å². The molecular weight excluding hydrogens is 557 g/mol. The lowest BCUT2D eigenvalue weighted by molar-refractivity contribution is -0.140. The van der Waals surface area contributed by atoms with Crippen molar-refractivity contribution in [2.45, 2.75) is 39.3 Å². The van der Waals surface area contributed by atoms with Crippen molar-refractivity contribution in [1.82, 2.24) is 10.2 Å². The van der Waals surface area contributed by atoms with Crippen LogP contribution < -0.4 is 9.62 Å². The van der Waals surface area contributed by atoms with E-state index in [2.05, 4.69) is 5.32 Å². The van der Waals surface area contributed by atoms with Gasteiger partial charge in [-0.15, -0.1) is 0 Å². The van der Waals surface area contributed by atoms with Crippen LogP contribution in [0.4, 0.5) is 5.69 Å². The molecule has 0 saturated heterocycles. The Morgan fingerprint density at radius 1 is 0.897 bits per heavy atom. The van der Waals surface area contributed by atoms with Crippen LogP contribution in [-0.2, 0) is 39.0 Å². The molecule has 0 aliphatic rings. The quantitative estimate of drug-likeness (QED) is 0.318. The van der Waals surface area contributed by atoms with Crippen molar-refractivity contribution in [3.8, 4) is 0 Å². The van der Waals surface area contributed by atoms with E-state index in [-0.39, 0.29) is 18.9 Å². The van der Waals surface area contributed by atoms with Gasteiger partial charge in [-0.25, -0.2) is 8.42 Å². The van der Waals surface area contributed by atoms with E-state index in [1.807, 2.05) is 49.4 Å². The molecule has 3 aromatic carbocycles. The lowest BCUT2D eigenvalue weighted by atomic mass is 10.0. The number of carbonyl (C=O) groups excluding carboxylic acids is 2. The van der Waals surface area contributed by atoms with Crippen molar-refractivity contribution in [2.24, 2.45) is 0 Å². The summed E-state index contributed by atoms with van der Waals surface area (Å²) in [7, 11) is -3.85. The normalized spacial score (nSPS) is 12.0. The smallest absolute Gasteiger partial charge is 0.244 e. The Hall–Kier alpha value is -3.07. The molecule has 7 nitrogen and oxygen atoms in total. The van der Waals surface area contributed by atoms with E-state index in [0.29, 0.717) is 34.3 Å². The van der Waals surface area contributed by atoms with Crippen LogP contribution in [0.2, 0.25) is 10.0 Å². The summed E-state index contributed by atoms with van der Waals surface area (Å²) < 4.78 is 27.0. The van der Waals surface area contributed by atoms with Gasteiger partial charge in [-0.05, 0) is 42.7 Å². The number of hydrogen-bond donors (Lipinski definition) is 1. The molecule has 2 amide bonds. The number of halogens is 2. The van der Waals surface area contributed by atoms with Gasteiger partial charge in [0, 0.05) is 35.1 Å². The molecule has 0 saturated carbocycles. The van der Waals surface area contributed by atoms with Crippen LogP contribution in [0.25, 0.3) is 0 Å². The van der Waals surface area contributed by atoms with E-state index in [0.717, 1.165) is 21.7 Å². The van der Waals surface area contributed by atoms with Crippen molar-refractivity contribution >= 4 is 50.7 Å². The minimum Gasteiger partial charge on any atom is -0.355 e. The molecular formula is C29H33Cl2N3O4S. The number of likely N-dealkylation sites (N-methyl/N-ethyl adjacent to an activating group) is 1. The summed E-state index contributed by atoms with van der Waals surface area (Å²) in [5, 5.41) is 3.50. The van der Waals surface area contributed by atoms with Crippen LogP contribution >= 0.6 is 23.2 Å². The Morgan fingerprint density at radius 2 is 1.51 bits per heavy atom. The van der Waals surface area contributed by atoms with E-state index >= 15 is 0 Å². The fraction of sp³-hybridized carbons (Fsp3) is 0.310. The Labute approximate surface area is 240 Å². The van der Waals surface area contributed by atoms with Crippen LogP contribution in [-0.4, -0.2) is 50.5 Å². The first-order valence-electron chi connectivity index (χ1n) is 12.7. The number of benzene rings is 3. The molecule has 0 spiro atoms. The number of nitrogens with zero attached hydrogens (tertiary/aromatic N) is 2. The van der Waals surface area contributed by atoms with Gasteiger partial charge in [-0.2, -0.15) is 0 Å². The second kappa shape index (κ2) is 13.8. The summed E-state index contributed by atoms with van der Waals surface area (Å²) in [5.74, 6) is -0.924. The molecule has 1 N–H and O–H groups in total. The maximum atomic E-state index is 14.1. The van der Waals surface area contributed by atoms with Crippen molar-refractivity contribution in [3.63, 3.8) is 0 Å². The molecule has 0 aliphatic heterocycles. The second-order valence-electron chi connectivity index (χ2n) is 9.07. The van der Waals surface area contributed by atoms with E-state index in [9.17, 15) is 18.0 Å². The van der Waals surface area contributed by atoms with Gasteiger partial charge in [0.15, 0.2) is 0 Å². The van der Waals surface area contributed by atoms with Gasteiger partial charge in [0.2, 0.25) is 21.8 Å². The molecule has 0 bridgehead atoms. The molecule has 3 aromatic rings. The molecule has 0 unspecified atom stereocenters. The Kier molecular flexibility index (Phi) is 10.8. The summed E-state index contributed by atoms with van der Waals surface area (Å²) in [5.41, 5.74) is 2.51. The lowest BCUT2D eigenvalue weighted by Crippen LogP contribution is -2.53. The van der Waals surface area contributed by atoms with Crippen molar-refractivity contribution in [2.75, 3.05) is 23.7 Å². The molecule has 0 fully saturated rings. The van der Waals surface area contributed by atoms with Gasteiger partial charge >= 0.3 is 0 Å². The predicted octanol–water partition coefficient (Wildman–Crippen LogP) is 5.10. The van der Waals surface area contributed by atoms with Crippen LogP contribution in [0.3, 0.4) is 0 Å². The van der Waals surface area contributed by atoms with Gasteiger partial charge in [0.05, 0.1) is 11.9 Å². The van der Waals surface area contributed by atoms with E-state index in [1.54, 1.807) is 37.3 Å². The number of carbonyl (C=O) groups is 2. The summed E-state index contributed by atoms with van der Waals surface area (Å²) in [6, 6.07) is 20.4. The van der Waals surface area contributed by atoms with Crippen molar-refractivity contribution < 1.29 is 18.0 Å². The zero-order chi connectivity index (χ0) is 28.6. The van der Waals surface area contributed by atoms with Crippen molar-refractivity contribution in [1.29, 1.82) is 0 Å². The molecule has 0 radical (unpaired) electrons. The minimum absolute atomic E-state index is 0.0843. The topological polar surface area (TPSA) is 86.8 Å². The van der Waals surface area contributed by atoms with Crippen LogP contribution in [0.5, 0.6) is 0 Å². The molecule has 0 aromatic heterocycles. The van der Waals surface area contributed by atoms with Crippen molar-refractivity contribution in [3.05, 3.63) is 99.5 Å². The highest BCUT2D eigenvalue weighted by Gasteiger charge is 2.34. The highest BCUT2D eigenvalue weighted by molar-refractivity contribution is 7.92. The number of nitrogens with one attached hydrogen (secondary N) is 1. The summed E-state index contributed by atoms with van der Waals surface area (Å²) >= 11 is 12.9. The number of aryl methyl sites for hydroxylation is 1. The van der Waals surface area contributed by atoms with Gasteiger partial charge in [-0.1, -0.05) is 84.7 Å². The molecule has 0 aliphatic carbocycles. The minimum atomic E-state index is -3.85. The Morgan fingerprint density at radius 3 is 2.10 bits per heavy atom. The first-order valence-corrected chi connectivity index (χ1v) is 15.3. The van der Waals surface area contributed by atoms with E-state index in [4.69, 9.17) is 23.2 Å². The molecule has 1 atom stereocenters. The molecule has 39 heavy (non-hydrogen) atoms. The zero-order valence-corrected chi connectivity index (χ0v) is 24.6. The zero-order valence-electron chi connectivity index (χ0n) is 22.2. The third kappa shape index (κ3) is 7.97. The summed E-state index contributed by atoms with van der Waals surface area (Å²) in [4.78, 5) is 28.9. The van der Waals surface area contributed by atoms with Gasteiger partial charge in [0.1, 0.15) is 12.6 Å². The first-order chi connectivity index (χ1) is 18.6. The van der Waals surface area contributed by atoms with Crippen LogP contribution in [0.15, 0.2) is 72.8 Å². The summed E-state index contributed by atoms with van der Waals surface area (Å²) in [6.45, 7) is 3.49. The molecule has 3 rings (SSSR count). The van der Waals surface area contributed by atoms with Crippen LogP contribution in [0, 0.1) is 0 Å². The van der Waals surface area contributed by atoms with Gasteiger partial charge < -0.3 is 10.2 Å². The molecule has 0 heterocycles. The highest BCUT2D eigenvalue weighted by Crippen LogP contribution is 2.28. The highest BCUT2D eigenvalue weighted by atomic mass is 35.5. The standard InChI is InChI=1S/C29H33Cl2N3O4S/c1-4-22-14-9-10-17-26(22)34(39(3,37)38)20-28(35)33(19-23-24(30)15-11-16-25(23)31)27(29(36)32-5-2)18-21-12-7-6-8-13-21/h6-17,27H,4-5,18-20H2,1-3H3,(H,32,36)/t27-/m1/s1. The second-order valence-corrected chi connectivity index (χ2v) is 11.8. The lowest BCUT2D eigenvalue weighted by Gasteiger charge is -2.34. The number of hydrogen-bond acceptors (Lipinski definition) is 4. The Bertz CT molecular complexity index is 1380. The molecule has 208 valence electrons. The van der Waals surface area contributed by atoms with Crippen LogP contribution in [0.1, 0.15) is 30.5 Å². The maximum absolute atomic E-state index is 14.1. The van der Waals surface area contributed by atoms with Gasteiger partial charge in [-0.3, -0.25) is 13.9 Å². The number of sulfonamides is 1. The average molecular weight is 591 g/mol. The third-order valence-electron chi connectivity index (χ3n) is 6.33. The third-order valence-corrected chi connectivity index (χ3v) is 8.17. The number of anilines is 1. The number of amides is 2.